The largest absolute Gasteiger partial charge is 0.394 e. The average molecular weight is 278 g/mol. The molecular formula is C11H16F2N2O4. The SMILES string of the molecule is O=C(NC(CO)(CO)CO)c1cccn1CC(F)F. The van der Waals surface area contributed by atoms with Gasteiger partial charge in [0, 0.05) is 6.20 Å². The fraction of sp³-hybridized carbons (Fsp3) is 0.545. The Kier molecular flexibility index (Phi) is 5.40. The van der Waals surface area contributed by atoms with Crippen LogP contribution in [0.25, 0.3) is 0 Å². The second-order valence-electron chi connectivity index (χ2n) is 4.15. The van der Waals surface area contributed by atoms with E-state index in [1.165, 1.54) is 18.3 Å². The molecule has 0 aromatic carbocycles. The van der Waals surface area contributed by atoms with Gasteiger partial charge in [0.1, 0.15) is 11.2 Å². The molecule has 0 spiro atoms. The first-order valence-corrected chi connectivity index (χ1v) is 5.56. The molecule has 0 unspecified atom stereocenters. The van der Waals surface area contributed by atoms with E-state index in [0.29, 0.717) is 0 Å². The van der Waals surface area contributed by atoms with Crippen molar-refractivity contribution in [3.05, 3.63) is 24.0 Å². The van der Waals surface area contributed by atoms with Crippen LogP contribution in [0.15, 0.2) is 18.3 Å². The summed E-state index contributed by atoms with van der Waals surface area (Å²) in [5, 5.41) is 29.5. The summed E-state index contributed by atoms with van der Waals surface area (Å²) in [4.78, 5) is 11.9. The minimum atomic E-state index is -2.61. The van der Waals surface area contributed by atoms with E-state index in [1.54, 1.807) is 0 Å². The first-order valence-electron chi connectivity index (χ1n) is 5.56. The third kappa shape index (κ3) is 3.72. The number of halogens is 2. The molecule has 0 bridgehead atoms. The van der Waals surface area contributed by atoms with Crippen LogP contribution in [-0.2, 0) is 6.54 Å². The lowest BCUT2D eigenvalue weighted by molar-refractivity contribution is 0.0369. The van der Waals surface area contributed by atoms with Gasteiger partial charge in [0.15, 0.2) is 0 Å². The second-order valence-corrected chi connectivity index (χ2v) is 4.15. The van der Waals surface area contributed by atoms with Crippen molar-refractivity contribution in [1.82, 2.24) is 9.88 Å². The lowest BCUT2D eigenvalue weighted by Gasteiger charge is -2.28. The molecule has 0 aliphatic heterocycles. The number of amides is 1. The van der Waals surface area contributed by atoms with Crippen LogP contribution in [0, 0.1) is 0 Å². The fourth-order valence-electron chi connectivity index (χ4n) is 1.50. The third-order valence-electron chi connectivity index (χ3n) is 2.68. The molecule has 0 atom stereocenters. The molecule has 0 aliphatic rings. The van der Waals surface area contributed by atoms with Crippen molar-refractivity contribution >= 4 is 5.91 Å². The molecule has 8 heteroatoms. The molecule has 0 saturated heterocycles. The van der Waals surface area contributed by atoms with Crippen molar-refractivity contribution in [3.63, 3.8) is 0 Å². The Morgan fingerprint density at radius 2 is 1.89 bits per heavy atom. The zero-order valence-electron chi connectivity index (χ0n) is 10.1. The second kappa shape index (κ2) is 6.60. The van der Waals surface area contributed by atoms with E-state index in [0.717, 1.165) is 4.57 Å². The number of hydrogen-bond donors (Lipinski definition) is 4. The summed E-state index contributed by atoms with van der Waals surface area (Å²) in [6.45, 7) is -2.68. The maximum Gasteiger partial charge on any atom is 0.268 e. The highest BCUT2D eigenvalue weighted by atomic mass is 19.3. The van der Waals surface area contributed by atoms with Crippen molar-refractivity contribution in [2.24, 2.45) is 0 Å². The van der Waals surface area contributed by atoms with Crippen molar-refractivity contribution in [3.8, 4) is 0 Å². The van der Waals surface area contributed by atoms with Gasteiger partial charge in [-0.2, -0.15) is 0 Å². The molecule has 6 nitrogen and oxygen atoms in total. The zero-order chi connectivity index (χ0) is 14.5. The van der Waals surface area contributed by atoms with E-state index in [-0.39, 0.29) is 5.69 Å². The molecule has 1 amide bonds. The Hall–Kier alpha value is -1.51. The van der Waals surface area contributed by atoms with E-state index < -0.39 is 44.2 Å². The first kappa shape index (κ1) is 15.5. The minimum absolute atomic E-state index is 0.0416. The van der Waals surface area contributed by atoms with Crippen LogP contribution >= 0.6 is 0 Å². The standard InChI is InChI=1S/C11H16F2N2O4/c12-9(13)4-15-3-1-2-8(15)10(19)14-11(5-16,6-17)7-18/h1-3,9,16-18H,4-7H2,(H,14,19). The van der Waals surface area contributed by atoms with E-state index in [2.05, 4.69) is 5.32 Å². The van der Waals surface area contributed by atoms with Gasteiger partial charge in [-0.15, -0.1) is 0 Å². The number of aliphatic hydroxyl groups is 3. The van der Waals surface area contributed by atoms with Crippen LogP contribution in [0.4, 0.5) is 8.78 Å². The molecule has 108 valence electrons. The summed E-state index contributed by atoms with van der Waals surface area (Å²) in [6.07, 6.45) is -1.29. The maximum absolute atomic E-state index is 12.3. The molecule has 1 rings (SSSR count). The van der Waals surface area contributed by atoms with Gasteiger partial charge >= 0.3 is 0 Å². The molecule has 1 aromatic rings. The van der Waals surface area contributed by atoms with Gasteiger partial charge in [-0.05, 0) is 12.1 Å². The lowest BCUT2D eigenvalue weighted by Crippen LogP contribution is -2.57. The average Bonchev–Trinajstić information content (AvgIpc) is 2.83. The number of hydrogen-bond acceptors (Lipinski definition) is 4. The summed E-state index contributed by atoms with van der Waals surface area (Å²) < 4.78 is 25.7. The molecule has 0 aliphatic carbocycles. The zero-order valence-corrected chi connectivity index (χ0v) is 10.1. The molecule has 1 heterocycles. The van der Waals surface area contributed by atoms with Gasteiger partial charge in [0.05, 0.1) is 26.4 Å². The maximum atomic E-state index is 12.3. The molecular weight excluding hydrogens is 262 g/mol. The van der Waals surface area contributed by atoms with Crippen molar-refractivity contribution in [2.45, 2.75) is 18.5 Å². The van der Waals surface area contributed by atoms with Crippen LogP contribution in [0.2, 0.25) is 0 Å². The molecule has 4 N–H and O–H groups in total. The summed E-state index contributed by atoms with van der Waals surface area (Å²) in [6, 6.07) is 2.75. The molecule has 0 radical (unpaired) electrons. The van der Waals surface area contributed by atoms with E-state index >= 15 is 0 Å². The van der Waals surface area contributed by atoms with Crippen LogP contribution < -0.4 is 5.32 Å². The van der Waals surface area contributed by atoms with Crippen molar-refractivity contribution in [1.29, 1.82) is 0 Å². The van der Waals surface area contributed by atoms with Crippen LogP contribution in [-0.4, -0.2) is 57.6 Å². The number of aliphatic hydroxyl groups excluding tert-OH is 3. The quantitative estimate of drug-likeness (QED) is 0.525. The number of carbonyl (C=O) groups excluding carboxylic acids is 1. The number of carbonyl (C=O) groups is 1. The summed E-state index contributed by atoms with van der Waals surface area (Å²) >= 11 is 0. The Bertz CT molecular complexity index is 410. The number of nitrogens with zero attached hydrogens (tertiary/aromatic N) is 1. The highest BCUT2D eigenvalue weighted by Crippen LogP contribution is 2.09. The van der Waals surface area contributed by atoms with Crippen molar-refractivity contribution in [2.75, 3.05) is 19.8 Å². The predicted molar refractivity (Wildman–Crippen MR) is 61.9 cm³/mol. The van der Waals surface area contributed by atoms with Gasteiger partial charge in [-0.1, -0.05) is 0 Å². The molecule has 0 fully saturated rings. The molecule has 19 heavy (non-hydrogen) atoms. The Morgan fingerprint density at radius 1 is 1.32 bits per heavy atom. The van der Waals surface area contributed by atoms with E-state index in [1.807, 2.05) is 0 Å². The van der Waals surface area contributed by atoms with Crippen LogP contribution in [0.3, 0.4) is 0 Å². The first-order chi connectivity index (χ1) is 8.98. The van der Waals surface area contributed by atoms with Crippen LogP contribution in [0.1, 0.15) is 10.5 Å². The third-order valence-corrected chi connectivity index (χ3v) is 2.68. The fourth-order valence-corrected chi connectivity index (χ4v) is 1.50. The molecule has 0 saturated carbocycles. The summed E-state index contributed by atoms with van der Waals surface area (Å²) in [5.74, 6) is -0.761. The Balaban J connectivity index is 2.86. The highest BCUT2D eigenvalue weighted by Gasteiger charge is 2.31. The van der Waals surface area contributed by atoms with Gasteiger partial charge in [-0.3, -0.25) is 4.79 Å². The molecule has 1 aromatic heterocycles. The van der Waals surface area contributed by atoms with E-state index in [4.69, 9.17) is 15.3 Å². The number of aromatic nitrogens is 1. The van der Waals surface area contributed by atoms with Crippen LogP contribution in [0.5, 0.6) is 0 Å². The number of nitrogens with one attached hydrogen (secondary N) is 1. The van der Waals surface area contributed by atoms with Gasteiger partial charge in [-0.25, -0.2) is 8.78 Å². The lowest BCUT2D eigenvalue weighted by atomic mass is 10.0. The van der Waals surface area contributed by atoms with Gasteiger partial charge in [0.25, 0.3) is 12.3 Å². The van der Waals surface area contributed by atoms with E-state index in [9.17, 15) is 13.6 Å². The summed E-state index contributed by atoms with van der Waals surface area (Å²) in [7, 11) is 0. The minimum Gasteiger partial charge on any atom is -0.394 e. The Morgan fingerprint density at radius 3 is 2.37 bits per heavy atom. The van der Waals surface area contributed by atoms with Gasteiger partial charge in [0.2, 0.25) is 0 Å². The smallest absolute Gasteiger partial charge is 0.268 e. The number of alkyl halides is 2. The number of rotatable bonds is 7. The van der Waals surface area contributed by atoms with Crippen molar-refractivity contribution < 1.29 is 28.9 Å². The Labute approximate surface area is 108 Å². The predicted octanol–water partition coefficient (Wildman–Crippen LogP) is -0.801. The topological polar surface area (TPSA) is 94.7 Å². The monoisotopic (exact) mass is 278 g/mol. The highest BCUT2D eigenvalue weighted by molar-refractivity contribution is 5.93. The normalized spacial score (nSPS) is 11.9. The summed E-state index contributed by atoms with van der Waals surface area (Å²) in [5.41, 5.74) is -1.63. The van der Waals surface area contributed by atoms with Gasteiger partial charge < -0.3 is 25.2 Å².